The molecule has 0 fully saturated rings. The zero-order chi connectivity index (χ0) is 15.9. The molecule has 5 nitrogen and oxygen atoms in total. The lowest BCUT2D eigenvalue weighted by Gasteiger charge is -2.06. The second-order valence-electron chi connectivity index (χ2n) is 4.59. The zero-order valence-electron chi connectivity index (χ0n) is 12.2. The number of aromatic nitrogens is 2. The van der Waals surface area contributed by atoms with Crippen LogP contribution in [0.1, 0.15) is 10.4 Å². The minimum Gasteiger partial charge on any atom is -0.492 e. The summed E-state index contributed by atoms with van der Waals surface area (Å²) in [5.41, 5.74) is 1.43. The number of hydrogen-bond acceptors (Lipinski definition) is 6. The second-order valence-corrected chi connectivity index (χ2v) is 5.64. The SMILES string of the molecule is O=Cc1ccccc1OCCSc1nnc(-c2ccccc2)o1. The predicted octanol–water partition coefficient (Wildman–Crippen LogP) is 3.72. The standard InChI is InChI=1S/C17H14N2O3S/c20-12-14-8-4-5-9-15(14)21-10-11-23-17-19-18-16(22-17)13-6-2-1-3-7-13/h1-9,12H,10-11H2. The van der Waals surface area contributed by atoms with Crippen LogP contribution in [0.2, 0.25) is 0 Å². The van der Waals surface area contributed by atoms with Crippen molar-refractivity contribution in [3.05, 3.63) is 60.2 Å². The first-order valence-electron chi connectivity index (χ1n) is 7.05. The molecule has 0 aliphatic heterocycles. The normalized spacial score (nSPS) is 10.4. The summed E-state index contributed by atoms with van der Waals surface area (Å²) >= 11 is 1.42. The first-order valence-corrected chi connectivity index (χ1v) is 8.04. The van der Waals surface area contributed by atoms with Crippen LogP contribution in [0.25, 0.3) is 11.5 Å². The van der Waals surface area contributed by atoms with Crippen molar-refractivity contribution < 1.29 is 13.9 Å². The molecule has 0 bridgehead atoms. The number of aldehydes is 1. The summed E-state index contributed by atoms with van der Waals surface area (Å²) in [5, 5.41) is 8.53. The van der Waals surface area contributed by atoms with Gasteiger partial charge in [0.1, 0.15) is 5.75 Å². The number of carbonyl (C=O) groups is 1. The topological polar surface area (TPSA) is 65.2 Å². The monoisotopic (exact) mass is 326 g/mol. The zero-order valence-corrected chi connectivity index (χ0v) is 13.0. The van der Waals surface area contributed by atoms with Crippen LogP contribution in [-0.4, -0.2) is 28.8 Å². The van der Waals surface area contributed by atoms with Gasteiger partial charge < -0.3 is 9.15 Å². The third-order valence-corrected chi connectivity index (χ3v) is 3.82. The smallest absolute Gasteiger partial charge is 0.276 e. The minimum atomic E-state index is 0.443. The molecule has 1 heterocycles. The van der Waals surface area contributed by atoms with Crippen molar-refractivity contribution in [2.75, 3.05) is 12.4 Å². The number of benzene rings is 2. The van der Waals surface area contributed by atoms with Gasteiger partial charge in [-0.05, 0) is 24.3 Å². The van der Waals surface area contributed by atoms with E-state index >= 15 is 0 Å². The Kier molecular flexibility index (Phi) is 5.06. The Morgan fingerprint density at radius 2 is 1.83 bits per heavy atom. The molecule has 0 N–H and O–H groups in total. The van der Waals surface area contributed by atoms with Gasteiger partial charge in [0, 0.05) is 11.3 Å². The molecule has 0 spiro atoms. The van der Waals surface area contributed by atoms with Crippen molar-refractivity contribution in [1.29, 1.82) is 0 Å². The Balaban J connectivity index is 1.52. The van der Waals surface area contributed by atoms with E-state index in [9.17, 15) is 4.79 Å². The highest BCUT2D eigenvalue weighted by Gasteiger charge is 2.08. The van der Waals surface area contributed by atoms with Crippen LogP contribution in [0.4, 0.5) is 0 Å². The molecule has 3 rings (SSSR count). The van der Waals surface area contributed by atoms with E-state index in [1.165, 1.54) is 11.8 Å². The van der Waals surface area contributed by atoms with Crippen molar-refractivity contribution in [3.63, 3.8) is 0 Å². The molecule has 23 heavy (non-hydrogen) atoms. The average molecular weight is 326 g/mol. The molecule has 0 unspecified atom stereocenters. The van der Waals surface area contributed by atoms with Gasteiger partial charge in [-0.15, -0.1) is 10.2 Å². The molecule has 0 saturated carbocycles. The minimum absolute atomic E-state index is 0.443. The van der Waals surface area contributed by atoms with Crippen molar-refractivity contribution in [1.82, 2.24) is 10.2 Å². The summed E-state index contributed by atoms with van der Waals surface area (Å²) < 4.78 is 11.2. The maximum atomic E-state index is 10.9. The van der Waals surface area contributed by atoms with Gasteiger partial charge in [0.2, 0.25) is 5.89 Å². The maximum Gasteiger partial charge on any atom is 0.276 e. The number of hydrogen-bond donors (Lipinski definition) is 0. The van der Waals surface area contributed by atoms with Gasteiger partial charge in [-0.3, -0.25) is 4.79 Å². The fourth-order valence-corrected chi connectivity index (χ4v) is 2.53. The van der Waals surface area contributed by atoms with E-state index in [-0.39, 0.29) is 0 Å². The van der Waals surface area contributed by atoms with Crippen LogP contribution < -0.4 is 4.74 Å². The highest BCUT2D eigenvalue weighted by molar-refractivity contribution is 7.99. The molecule has 1 aromatic heterocycles. The van der Waals surface area contributed by atoms with E-state index in [0.29, 0.717) is 34.8 Å². The van der Waals surface area contributed by atoms with Crippen LogP contribution in [0.15, 0.2) is 64.2 Å². The Labute approximate surface area is 137 Å². The number of para-hydroxylation sites is 1. The van der Waals surface area contributed by atoms with Gasteiger partial charge in [0.25, 0.3) is 5.22 Å². The fourth-order valence-electron chi connectivity index (χ4n) is 1.96. The van der Waals surface area contributed by atoms with E-state index in [1.807, 2.05) is 36.4 Å². The van der Waals surface area contributed by atoms with E-state index in [4.69, 9.17) is 9.15 Å². The molecule has 0 atom stereocenters. The number of carbonyl (C=O) groups excluding carboxylic acids is 1. The molecular formula is C17H14N2O3S. The Bertz CT molecular complexity index is 774. The van der Waals surface area contributed by atoms with Crippen LogP contribution >= 0.6 is 11.8 Å². The molecule has 116 valence electrons. The molecule has 2 aromatic carbocycles. The van der Waals surface area contributed by atoms with Crippen molar-refractivity contribution in [2.24, 2.45) is 0 Å². The Morgan fingerprint density at radius 1 is 1.04 bits per heavy atom. The Morgan fingerprint density at radius 3 is 2.65 bits per heavy atom. The molecular weight excluding hydrogens is 312 g/mol. The number of ether oxygens (including phenoxy) is 1. The maximum absolute atomic E-state index is 10.9. The van der Waals surface area contributed by atoms with Crippen molar-refractivity contribution in [3.8, 4) is 17.2 Å². The van der Waals surface area contributed by atoms with Crippen LogP contribution in [0.3, 0.4) is 0 Å². The molecule has 3 aromatic rings. The lowest BCUT2D eigenvalue weighted by atomic mass is 10.2. The third kappa shape index (κ3) is 3.98. The first kappa shape index (κ1) is 15.3. The van der Waals surface area contributed by atoms with Crippen LogP contribution in [0, 0.1) is 0 Å². The predicted molar refractivity (Wildman–Crippen MR) is 87.8 cm³/mol. The lowest BCUT2D eigenvalue weighted by molar-refractivity contribution is 0.112. The summed E-state index contributed by atoms with van der Waals surface area (Å²) in [4.78, 5) is 10.9. The van der Waals surface area contributed by atoms with Gasteiger partial charge >= 0.3 is 0 Å². The highest BCUT2D eigenvalue weighted by atomic mass is 32.2. The van der Waals surface area contributed by atoms with E-state index < -0.39 is 0 Å². The molecule has 0 amide bonds. The Hall–Kier alpha value is -2.60. The summed E-state index contributed by atoms with van der Waals surface area (Å²) in [7, 11) is 0. The van der Waals surface area contributed by atoms with Gasteiger partial charge in [-0.1, -0.05) is 42.1 Å². The largest absolute Gasteiger partial charge is 0.492 e. The van der Waals surface area contributed by atoms with Gasteiger partial charge in [0.05, 0.1) is 12.2 Å². The molecule has 0 radical (unpaired) electrons. The first-order chi connectivity index (χ1) is 11.4. The molecule has 0 saturated heterocycles. The summed E-state index contributed by atoms with van der Waals surface area (Å²) in [5.74, 6) is 1.72. The quantitative estimate of drug-likeness (QED) is 0.374. The summed E-state index contributed by atoms with van der Waals surface area (Å²) in [6.45, 7) is 0.443. The lowest BCUT2D eigenvalue weighted by Crippen LogP contribution is -2.02. The van der Waals surface area contributed by atoms with E-state index in [2.05, 4.69) is 10.2 Å². The fraction of sp³-hybridized carbons (Fsp3) is 0.118. The number of rotatable bonds is 7. The van der Waals surface area contributed by atoms with Crippen LogP contribution in [0.5, 0.6) is 5.75 Å². The molecule has 0 aliphatic rings. The second kappa shape index (κ2) is 7.60. The van der Waals surface area contributed by atoms with E-state index in [1.54, 1.807) is 18.2 Å². The van der Waals surface area contributed by atoms with Gasteiger partial charge in [-0.25, -0.2) is 0 Å². The van der Waals surface area contributed by atoms with Gasteiger partial charge in [-0.2, -0.15) is 0 Å². The third-order valence-electron chi connectivity index (χ3n) is 3.04. The molecule has 6 heteroatoms. The van der Waals surface area contributed by atoms with Gasteiger partial charge in [0.15, 0.2) is 6.29 Å². The highest BCUT2D eigenvalue weighted by Crippen LogP contribution is 2.23. The number of nitrogens with zero attached hydrogens (tertiary/aromatic N) is 2. The molecule has 0 aliphatic carbocycles. The average Bonchev–Trinajstić information content (AvgIpc) is 3.09. The number of thioether (sulfide) groups is 1. The van der Waals surface area contributed by atoms with Crippen LogP contribution in [-0.2, 0) is 0 Å². The summed E-state index contributed by atoms with van der Waals surface area (Å²) in [6.07, 6.45) is 0.784. The van der Waals surface area contributed by atoms with Crippen molar-refractivity contribution in [2.45, 2.75) is 5.22 Å². The van der Waals surface area contributed by atoms with Crippen molar-refractivity contribution >= 4 is 18.0 Å². The van der Waals surface area contributed by atoms with E-state index in [0.717, 1.165) is 11.8 Å². The summed E-state index contributed by atoms with van der Waals surface area (Å²) in [6, 6.07) is 16.7.